The number of piperazine rings is 1. The fourth-order valence-electron chi connectivity index (χ4n) is 4.17. The second kappa shape index (κ2) is 13.6. The lowest BCUT2D eigenvalue weighted by Gasteiger charge is -2.37. The van der Waals surface area contributed by atoms with Crippen molar-refractivity contribution in [2.45, 2.75) is 51.5 Å². The molecule has 0 aromatic carbocycles. The molecule has 2 aliphatic heterocycles. The molecule has 1 atom stereocenters. The summed E-state index contributed by atoms with van der Waals surface area (Å²) in [5, 5.41) is 14.2. The average molecular weight is 436 g/mol. The van der Waals surface area contributed by atoms with Gasteiger partial charge in [-0.3, -0.25) is 24.2 Å². The smallest absolute Gasteiger partial charge is 0.303 e. The average Bonchev–Trinajstić information content (AvgIpc) is 3.15. The Balaban J connectivity index is 1.55. The van der Waals surface area contributed by atoms with Crippen LogP contribution in [0.3, 0.4) is 0 Å². The van der Waals surface area contributed by atoms with Crippen molar-refractivity contribution in [2.24, 2.45) is 0 Å². The molecule has 2 amide bonds. The molecule has 2 fully saturated rings. The molecule has 0 aromatic heterocycles. The van der Waals surface area contributed by atoms with Crippen molar-refractivity contribution in [1.29, 1.82) is 0 Å². The number of rotatable bonds is 13. The molecule has 0 aromatic rings. The fourth-order valence-corrected chi connectivity index (χ4v) is 4.17. The van der Waals surface area contributed by atoms with E-state index in [1.165, 1.54) is 0 Å². The minimum atomic E-state index is -0.855. The maximum Gasteiger partial charge on any atom is 0.303 e. The van der Waals surface area contributed by atoms with Crippen LogP contribution >= 0.6 is 0 Å². The van der Waals surface area contributed by atoms with Gasteiger partial charge in [-0.15, -0.1) is 0 Å². The molecule has 1 unspecified atom stereocenters. The van der Waals surface area contributed by atoms with Crippen LogP contribution in [0.15, 0.2) is 0 Å². The van der Waals surface area contributed by atoms with Gasteiger partial charge in [0.05, 0.1) is 6.54 Å². The van der Waals surface area contributed by atoms with Gasteiger partial charge in [-0.25, -0.2) is 0 Å². The molecule has 2 saturated heterocycles. The van der Waals surface area contributed by atoms with Crippen molar-refractivity contribution in [1.82, 2.24) is 25.3 Å². The number of likely N-dealkylation sites (N-methyl/N-ethyl adjacent to an activating group) is 1. The zero-order chi connectivity index (χ0) is 21.8. The van der Waals surface area contributed by atoms with Crippen LogP contribution in [0.25, 0.3) is 0 Å². The first kappa shape index (κ1) is 24.6. The lowest BCUT2D eigenvalue weighted by atomic mass is 10.2. The molecule has 0 spiro atoms. The summed E-state index contributed by atoms with van der Waals surface area (Å²) in [4.78, 5) is 41.7. The molecule has 30 heavy (non-hydrogen) atoms. The molecule has 0 aliphatic carbocycles. The molecular weight excluding hydrogens is 397 g/mol. The summed E-state index contributed by atoms with van der Waals surface area (Å²) < 4.78 is 0. The Hall–Kier alpha value is -1.71. The van der Waals surface area contributed by atoms with Crippen LogP contribution < -0.4 is 10.6 Å². The van der Waals surface area contributed by atoms with Crippen LogP contribution in [0, 0.1) is 0 Å². The second-order valence-electron chi connectivity index (χ2n) is 8.30. The first-order chi connectivity index (χ1) is 14.5. The van der Waals surface area contributed by atoms with Crippen LogP contribution in [0.1, 0.15) is 45.4 Å². The van der Waals surface area contributed by atoms with Crippen molar-refractivity contribution in [2.75, 3.05) is 65.4 Å². The lowest BCUT2D eigenvalue weighted by molar-refractivity contribution is -0.137. The van der Waals surface area contributed by atoms with Gasteiger partial charge in [0, 0.05) is 64.7 Å². The van der Waals surface area contributed by atoms with Gasteiger partial charge >= 0.3 is 5.97 Å². The number of carboxylic acids is 1. The minimum Gasteiger partial charge on any atom is -0.481 e. The van der Waals surface area contributed by atoms with E-state index in [-0.39, 0.29) is 18.2 Å². The summed E-state index contributed by atoms with van der Waals surface area (Å²) >= 11 is 0. The Morgan fingerprint density at radius 3 is 2.20 bits per heavy atom. The number of carbonyl (C=O) groups excluding carboxylic acids is 2. The highest BCUT2D eigenvalue weighted by atomic mass is 16.5. The third-order valence-corrected chi connectivity index (χ3v) is 6.02. The van der Waals surface area contributed by atoms with Crippen LogP contribution in [0.4, 0.5) is 0 Å². The topological polar surface area (TPSA) is 105 Å². The first-order valence-corrected chi connectivity index (χ1v) is 11.4. The Morgan fingerprint density at radius 1 is 0.900 bits per heavy atom. The Morgan fingerprint density at radius 2 is 1.53 bits per heavy atom. The quantitative estimate of drug-likeness (QED) is 0.211. The monoisotopic (exact) mass is 436 g/mol. The predicted molar refractivity (Wildman–Crippen MR) is 115 cm³/mol. The largest absolute Gasteiger partial charge is 0.481 e. The highest BCUT2D eigenvalue weighted by Gasteiger charge is 2.28. The molecule has 3 N–H and O–H groups in total. The SMILES string of the molecule is CCN1CCN(CC2CCC[15N]2C[13C](=O)[15NH][13CH2][13CH2][13CH2][13C](=O)NCC[13CH2][13C](=O)O)[13CH2][13CH2]1. The second-order valence-corrected chi connectivity index (χ2v) is 8.30. The van der Waals surface area contributed by atoms with Crippen LogP contribution in [0.2, 0.25) is 0 Å². The van der Waals surface area contributed by atoms with E-state index in [4.69, 9.17) is 5.11 Å². The lowest BCUT2D eigenvalue weighted by Crippen LogP contribution is -2.51. The van der Waals surface area contributed by atoms with Crippen molar-refractivity contribution >= 4 is 17.8 Å². The standard InChI is InChI=1S/C21H39N5O4/c1-2-24-12-14-25(15-13-24)16-18-6-5-11-26(18)17-20(28)23-9-3-7-19(27)22-10-4-8-21(29)30/h18H,2-17H2,1H3,(H,22,27)(H,23,28)(H,29,30)/i3+1,7+1,8+1,9+1,12+1,14+1,19+1,20+1,21+1,23+1,26+1. The molecule has 0 saturated carbocycles. The fraction of sp³-hybridized carbons (Fsp3) is 0.857. The number of likely N-dealkylation sites (tertiary alicyclic amines) is 1. The molecule has 172 valence electrons. The molecule has 0 bridgehead atoms. The molecular formula is C21H39N5O4. The molecule has 9 nitrogen and oxygen atoms in total. The van der Waals surface area contributed by atoms with Gasteiger partial charge in [-0.2, -0.15) is 0 Å². The number of aliphatic carboxylic acids is 1. The van der Waals surface area contributed by atoms with Crippen LogP contribution in [-0.2, 0) is 14.4 Å². The van der Waals surface area contributed by atoms with Gasteiger partial charge in [-0.05, 0) is 38.8 Å². The third kappa shape index (κ3) is 9.40. The van der Waals surface area contributed by atoms with E-state index >= 15 is 0 Å². The summed E-state index contributed by atoms with van der Waals surface area (Å²) in [5.41, 5.74) is 0. The van der Waals surface area contributed by atoms with Gasteiger partial charge in [-0.1, -0.05) is 6.92 Å². The van der Waals surface area contributed by atoms with Crippen LogP contribution in [-0.4, -0.2) is 109 Å². The zero-order valence-electron chi connectivity index (χ0n) is 18.4. The Labute approximate surface area is 180 Å². The number of hydrogen-bond acceptors (Lipinski definition) is 6. The van der Waals surface area contributed by atoms with E-state index in [9.17, 15) is 14.4 Å². The van der Waals surface area contributed by atoms with Crippen molar-refractivity contribution in [3.05, 3.63) is 0 Å². The number of nitrogens with zero attached hydrogens (tertiary/aromatic N) is 3. The van der Waals surface area contributed by atoms with Crippen molar-refractivity contribution in [3.63, 3.8) is 0 Å². The highest BCUT2D eigenvalue weighted by molar-refractivity contribution is 5.78. The van der Waals surface area contributed by atoms with Gasteiger partial charge in [0.2, 0.25) is 11.8 Å². The summed E-state index contributed by atoms with van der Waals surface area (Å²) in [7, 11) is 0. The molecule has 2 rings (SSSR count). The molecule has 2 aliphatic rings. The van der Waals surface area contributed by atoms with Crippen molar-refractivity contribution < 1.29 is 19.5 Å². The summed E-state index contributed by atoms with van der Waals surface area (Å²) in [6.07, 6.45) is 3.72. The summed E-state index contributed by atoms with van der Waals surface area (Å²) in [5.74, 6) is -0.928. The number of amides is 2. The molecule has 9 heteroatoms. The normalized spacial score (nSPS) is 20.9. The maximum atomic E-state index is 12.3. The maximum absolute atomic E-state index is 12.3. The molecule has 0 radical (unpaired) electrons. The minimum absolute atomic E-state index is 0.0274. The van der Waals surface area contributed by atoms with E-state index in [1.54, 1.807) is 0 Å². The van der Waals surface area contributed by atoms with E-state index in [1.807, 2.05) is 0 Å². The van der Waals surface area contributed by atoms with E-state index in [0.29, 0.717) is 44.9 Å². The number of hydrogen-bond donors (Lipinski definition) is 3. The molecule has 2 heterocycles. The Kier molecular flexibility index (Phi) is 11.1. The Bertz CT molecular complexity index is 552. The van der Waals surface area contributed by atoms with Gasteiger partial charge in [0.1, 0.15) is 0 Å². The third-order valence-electron chi connectivity index (χ3n) is 6.02. The van der Waals surface area contributed by atoms with Crippen molar-refractivity contribution in [3.8, 4) is 0 Å². The van der Waals surface area contributed by atoms with Crippen LogP contribution in [0.5, 0.6) is 0 Å². The predicted octanol–water partition coefficient (Wildman–Crippen LogP) is -0.0343. The number of carbonyl (C=O) groups is 3. The van der Waals surface area contributed by atoms with E-state index in [2.05, 4.69) is 32.3 Å². The summed E-state index contributed by atoms with van der Waals surface area (Å²) in [6.45, 7) is 11.1. The summed E-state index contributed by atoms with van der Waals surface area (Å²) in [6, 6.07) is 0.459. The van der Waals surface area contributed by atoms with E-state index in [0.717, 1.165) is 58.7 Å². The highest BCUT2D eigenvalue weighted by Crippen LogP contribution is 2.18. The first-order valence-electron chi connectivity index (χ1n) is 11.4. The van der Waals surface area contributed by atoms with Gasteiger partial charge in [0.25, 0.3) is 0 Å². The number of nitrogens with one attached hydrogen (secondary N) is 2. The van der Waals surface area contributed by atoms with E-state index < -0.39 is 5.97 Å². The van der Waals surface area contributed by atoms with Gasteiger partial charge < -0.3 is 20.6 Å². The zero-order valence-corrected chi connectivity index (χ0v) is 18.4. The van der Waals surface area contributed by atoms with Gasteiger partial charge in [0.15, 0.2) is 0 Å². The number of carboxylic acid groups (broad SMARTS) is 1.